The Labute approximate surface area is 136 Å². The lowest BCUT2D eigenvalue weighted by atomic mass is 10.2. The number of azo groups is 1. The Hall–Kier alpha value is -2.53. The third-order valence-electron chi connectivity index (χ3n) is 3.12. The average molecular weight is 312 g/mol. The molecule has 0 aliphatic carbocycles. The smallest absolute Gasteiger partial charge is 0.338 e. The Bertz CT molecular complexity index is 624. The van der Waals surface area contributed by atoms with Gasteiger partial charge >= 0.3 is 5.97 Å². The number of carbonyl (C=O) groups is 1. The summed E-state index contributed by atoms with van der Waals surface area (Å²) >= 11 is 0. The second-order valence-corrected chi connectivity index (χ2v) is 4.92. The van der Waals surface area contributed by atoms with Crippen molar-refractivity contribution in [2.45, 2.75) is 12.8 Å². The van der Waals surface area contributed by atoms with Crippen LogP contribution in [-0.4, -0.2) is 26.3 Å². The fourth-order valence-corrected chi connectivity index (χ4v) is 1.87. The van der Waals surface area contributed by atoms with Crippen molar-refractivity contribution >= 4 is 17.3 Å². The Morgan fingerprint density at radius 2 is 1.48 bits per heavy atom. The molecule has 2 aromatic rings. The molecule has 0 heterocycles. The zero-order chi connectivity index (χ0) is 16.3. The standard InChI is InChI=1S/C18H20N2O3/c1-22-13-5-6-14-23-18(21)15-9-11-17(12-10-15)20-19-16-7-3-2-4-8-16/h2-4,7-12H,5-6,13-14H2,1H3. The van der Waals surface area contributed by atoms with Gasteiger partial charge in [-0.2, -0.15) is 10.2 Å². The van der Waals surface area contributed by atoms with E-state index >= 15 is 0 Å². The van der Waals surface area contributed by atoms with Crippen LogP contribution in [-0.2, 0) is 9.47 Å². The SMILES string of the molecule is COCCCCOC(=O)c1ccc(N=Nc2ccccc2)cc1. The quantitative estimate of drug-likeness (QED) is 0.404. The molecule has 0 spiro atoms. The summed E-state index contributed by atoms with van der Waals surface area (Å²) in [5.74, 6) is -0.325. The number of unbranched alkanes of at least 4 members (excludes halogenated alkanes) is 1. The number of carbonyl (C=O) groups excluding carboxylic acids is 1. The lowest BCUT2D eigenvalue weighted by molar-refractivity contribution is 0.0489. The van der Waals surface area contributed by atoms with E-state index in [1.807, 2.05) is 30.3 Å². The van der Waals surface area contributed by atoms with Gasteiger partial charge in [-0.15, -0.1) is 0 Å². The van der Waals surface area contributed by atoms with Crippen LogP contribution < -0.4 is 0 Å². The van der Waals surface area contributed by atoms with Crippen molar-refractivity contribution < 1.29 is 14.3 Å². The van der Waals surface area contributed by atoms with Crippen LogP contribution in [0.5, 0.6) is 0 Å². The molecule has 0 atom stereocenters. The van der Waals surface area contributed by atoms with E-state index in [0.717, 1.165) is 18.5 Å². The van der Waals surface area contributed by atoms with Crippen LogP contribution in [0.1, 0.15) is 23.2 Å². The van der Waals surface area contributed by atoms with Gasteiger partial charge in [-0.1, -0.05) is 18.2 Å². The maximum Gasteiger partial charge on any atom is 0.338 e. The first-order valence-corrected chi connectivity index (χ1v) is 7.52. The van der Waals surface area contributed by atoms with E-state index in [9.17, 15) is 4.79 Å². The van der Waals surface area contributed by atoms with Gasteiger partial charge in [0.2, 0.25) is 0 Å². The first kappa shape index (κ1) is 16.8. The highest BCUT2D eigenvalue weighted by Crippen LogP contribution is 2.18. The summed E-state index contributed by atoms with van der Waals surface area (Å²) in [6.07, 6.45) is 1.67. The van der Waals surface area contributed by atoms with E-state index in [0.29, 0.717) is 24.5 Å². The maximum absolute atomic E-state index is 11.9. The van der Waals surface area contributed by atoms with E-state index in [4.69, 9.17) is 9.47 Å². The van der Waals surface area contributed by atoms with Crippen LogP contribution in [0.15, 0.2) is 64.8 Å². The van der Waals surface area contributed by atoms with Gasteiger partial charge in [-0.05, 0) is 49.2 Å². The summed E-state index contributed by atoms with van der Waals surface area (Å²) in [6.45, 7) is 1.08. The monoisotopic (exact) mass is 312 g/mol. The minimum absolute atomic E-state index is 0.325. The zero-order valence-corrected chi connectivity index (χ0v) is 13.1. The fraction of sp³-hybridized carbons (Fsp3) is 0.278. The molecule has 0 unspecified atom stereocenters. The molecular formula is C18H20N2O3. The number of esters is 1. The molecule has 0 aromatic heterocycles. The summed E-state index contributed by atoms with van der Waals surface area (Å²) in [5.41, 5.74) is 1.98. The van der Waals surface area contributed by atoms with E-state index < -0.39 is 0 Å². The zero-order valence-electron chi connectivity index (χ0n) is 13.1. The first-order chi connectivity index (χ1) is 11.3. The van der Waals surface area contributed by atoms with Gasteiger partial charge in [0.1, 0.15) is 0 Å². The number of hydrogen-bond acceptors (Lipinski definition) is 5. The number of rotatable bonds is 8. The number of ether oxygens (including phenoxy) is 2. The van der Waals surface area contributed by atoms with Gasteiger partial charge in [0, 0.05) is 13.7 Å². The molecule has 0 radical (unpaired) electrons. The molecule has 0 bridgehead atoms. The minimum atomic E-state index is -0.325. The lowest BCUT2D eigenvalue weighted by Crippen LogP contribution is -2.06. The molecule has 0 aliphatic rings. The molecule has 120 valence electrons. The van der Waals surface area contributed by atoms with Gasteiger partial charge in [-0.25, -0.2) is 4.79 Å². The normalized spacial score (nSPS) is 10.8. The molecular weight excluding hydrogens is 292 g/mol. The molecule has 2 rings (SSSR count). The number of benzene rings is 2. The van der Waals surface area contributed by atoms with Crippen LogP contribution in [0.25, 0.3) is 0 Å². The second kappa shape index (κ2) is 9.48. The van der Waals surface area contributed by atoms with E-state index in [1.54, 1.807) is 31.4 Å². The highest BCUT2D eigenvalue weighted by atomic mass is 16.5. The fourth-order valence-electron chi connectivity index (χ4n) is 1.87. The van der Waals surface area contributed by atoms with Gasteiger partial charge < -0.3 is 9.47 Å². The largest absolute Gasteiger partial charge is 0.462 e. The van der Waals surface area contributed by atoms with E-state index in [2.05, 4.69) is 10.2 Å². The molecule has 2 aromatic carbocycles. The molecule has 0 N–H and O–H groups in total. The van der Waals surface area contributed by atoms with E-state index in [1.165, 1.54) is 0 Å². The molecule has 5 nitrogen and oxygen atoms in total. The Morgan fingerprint density at radius 3 is 2.13 bits per heavy atom. The molecule has 23 heavy (non-hydrogen) atoms. The Balaban J connectivity index is 1.84. The summed E-state index contributed by atoms with van der Waals surface area (Å²) in [7, 11) is 1.66. The van der Waals surface area contributed by atoms with Crippen LogP contribution in [0.3, 0.4) is 0 Å². The topological polar surface area (TPSA) is 60.2 Å². The number of hydrogen-bond donors (Lipinski definition) is 0. The van der Waals surface area contributed by atoms with Crippen LogP contribution in [0.4, 0.5) is 11.4 Å². The average Bonchev–Trinajstić information content (AvgIpc) is 2.61. The van der Waals surface area contributed by atoms with Gasteiger partial charge in [0.25, 0.3) is 0 Å². The molecule has 0 saturated heterocycles. The van der Waals surface area contributed by atoms with Crippen molar-refractivity contribution in [3.05, 3.63) is 60.2 Å². The van der Waals surface area contributed by atoms with Crippen LogP contribution in [0, 0.1) is 0 Å². The summed E-state index contributed by atoms with van der Waals surface area (Å²) < 4.78 is 10.1. The van der Waals surface area contributed by atoms with Crippen LogP contribution in [0.2, 0.25) is 0 Å². The summed E-state index contributed by atoms with van der Waals surface area (Å²) in [6, 6.07) is 16.3. The minimum Gasteiger partial charge on any atom is -0.462 e. The number of nitrogens with zero attached hydrogens (tertiary/aromatic N) is 2. The van der Waals surface area contributed by atoms with Crippen molar-refractivity contribution in [3.8, 4) is 0 Å². The highest BCUT2D eigenvalue weighted by molar-refractivity contribution is 5.89. The third kappa shape index (κ3) is 6.00. The van der Waals surface area contributed by atoms with Crippen molar-refractivity contribution in [3.63, 3.8) is 0 Å². The van der Waals surface area contributed by atoms with Crippen molar-refractivity contribution in [2.75, 3.05) is 20.3 Å². The third-order valence-corrected chi connectivity index (χ3v) is 3.12. The second-order valence-electron chi connectivity index (χ2n) is 4.92. The lowest BCUT2D eigenvalue weighted by Gasteiger charge is -2.04. The molecule has 0 amide bonds. The Kier molecular flexibility index (Phi) is 6.94. The number of methoxy groups -OCH3 is 1. The highest BCUT2D eigenvalue weighted by Gasteiger charge is 2.06. The molecule has 0 fully saturated rings. The van der Waals surface area contributed by atoms with Crippen molar-refractivity contribution in [1.29, 1.82) is 0 Å². The summed E-state index contributed by atoms with van der Waals surface area (Å²) in [5, 5.41) is 8.26. The van der Waals surface area contributed by atoms with Crippen molar-refractivity contribution in [1.82, 2.24) is 0 Å². The van der Waals surface area contributed by atoms with Crippen molar-refractivity contribution in [2.24, 2.45) is 10.2 Å². The van der Waals surface area contributed by atoms with Gasteiger partial charge in [0.15, 0.2) is 0 Å². The first-order valence-electron chi connectivity index (χ1n) is 7.52. The molecule has 5 heteroatoms. The van der Waals surface area contributed by atoms with Crippen LogP contribution >= 0.6 is 0 Å². The van der Waals surface area contributed by atoms with Gasteiger partial charge in [-0.3, -0.25) is 0 Å². The summed E-state index contributed by atoms with van der Waals surface area (Å²) in [4.78, 5) is 11.9. The van der Waals surface area contributed by atoms with E-state index in [-0.39, 0.29) is 5.97 Å². The molecule has 0 saturated carbocycles. The Morgan fingerprint density at radius 1 is 0.870 bits per heavy atom. The predicted octanol–water partition coefficient (Wildman–Crippen LogP) is 4.69. The maximum atomic E-state index is 11.9. The molecule has 0 aliphatic heterocycles. The predicted molar refractivity (Wildman–Crippen MR) is 88.5 cm³/mol. The van der Waals surface area contributed by atoms with Gasteiger partial charge in [0.05, 0.1) is 23.5 Å².